The lowest BCUT2D eigenvalue weighted by atomic mass is 9.44. The quantitative estimate of drug-likeness (QED) is 0.0798. The predicted octanol–water partition coefficient (Wildman–Crippen LogP) is 5.78. The van der Waals surface area contributed by atoms with Gasteiger partial charge in [-0.05, 0) is 73.0 Å². The molecule has 7 rings (SSSR count). The Bertz CT molecular complexity index is 2510. The van der Waals surface area contributed by atoms with Gasteiger partial charge in [0.05, 0.1) is 23.5 Å². The van der Waals surface area contributed by atoms with E-state index in [1.54, 1.807) is 75.4 Å². The molecule has 15 heteroatoms. The first-order valence-corrected chi connectivity index (χ1v) is 21.8. The van der Waals surface area contributed by atoms with Gasteiger partial charge in [0.1, 0.15) is 30.0 Å². The van der Waals surface area contributed by atoms with E-state index in [4.69, 9.17) is 28.4 Å². The molecule has 1 saturated heterocycles. The highest BCUT2D eigenvalue weighted by molar-refractivity contribution is 6.09. The molecular weight excluding hydrogens is 851 g/mol. The number of anilines is 1. The summed E-state index contributed by atoms with van der Waals surface area (Å²) in [5, 5.41) is 13.6. The van der Waals surface area contributed by atoms with Gasteiger partial charge in [-0.2, -0.15) is 0 Å². The predicted molar refractivity (Wildman–Crippen MR) is 238 cm³/mol. The molecule has 9 atom stereocenters. The van der Waals surface area contributed by atoms with E-state index in [-0.39, 0.29) is 36.4 Å². The van der Waals surface area contributed by atoms with Gasteiger partial charge in [-0.3, -0.25) is 24.0 Å². The number of carbonyl (C=O) groups excluding carboxylic acids is 7. The van der Waals surface area contributed by atoms with E-state index in [0.29, 0.717) is 22.3 Å². The van der Waals surface area contributed by atoms with Crippen LogP contribution in [-0.2, 0) is 52.4 Å². The number of Topliss-reactive ketones (excluding diaryl/α,β-unsaturated/α-hetero) is 1. The largest absolute Gasteiger partial charge is 0.458 e. The monoisotopic (exact) mass is 905 g/mol. The van der Waals surface area contributed by atoms with Crippen molar-refractivity contribution in [1.82, 2.24) is 0 Å². The lowest BCUT2D eigenvalue weighted by Crippen LogP contribution is -2.82. The maximum atomic E-state index is 15.9. The van der Waals surface area contributed by atoms with E-state index in [9.17, 15) is 33.9 Å². The van der Waals surface area contributed by atoms with Gasteiger partial charge in [-0.15, -0.1) is 0 Å². The fourth-order valence-electron chi connectivity index (χ4n) is 10.5. The van der Waals surface area contributed by atoms with Gasteiger partial charge in [0.2, 0.25) is 0 Å². The van der Waals surface area contributed by atoms with E-state index < -0.39 is 94.1 Å². The molecule has 1 N–H and O–H groups in total. The number of ketones is 2. The lowest BCUT2D eigenvalue weighted by molar-refractivity contribution is -0.346. The van der Waals surface area contributed by atoms with Crippen molar-refractivity contribution in [3.05, 3.63) is 118 Å². The second-order valence-electron chi connectivity index (χ2n) is 18.5. The summed E-state index contributed by atoms with van der Waals surface area (Å²) >= 11 is 0. The van der Waals surface area contributed by atoms with Crippen LogP contribution in [0, 0.1) is 16.7 Å². The molecule has 3 aromatic carbocycles. The molecule has 66 heavy (non-hydrogen) atoms. The summed E-state index contributed by atoms with van der Waals surface area (Å²) in [6, 6.07) is 21.7. The van der Waals surface area contributed by atoms with Crippen LogP contribution in [0.25, 0.3) is 6.08 Å². The number of nitrogens with zero attached hydrogens (tertiary/aromatic N) is 1. The Morgan fingerprint density at radius 3 is 1.92 bits per heavy atom. The van der Waals surface area contributed by atoms with Crippen molar-refractivity contribution >= 4 is 53.2 Å². The summed E-state index contributed by atoms with van der Waals surface area (Å²) in [4.78, 5) is 98.3. The fourth-order valence-corrected chi connectivity index (χ4v) is 10.5. The van der Waals surface area contributed by atoms with Crippen LogP contribution in [0.1, 0.15) is 93.2 Å². The van der Waals surface area contributed by atoms with Crippen molar-refractivity contribution in [2.75, 3.05) is 25.6 Å². The number of fused-ring (bicyclic) bond motifs is 5. The number of carbonyl (C=O) groups is 7. The Kier molecular flexibility index (Phi) is 12.8. The number of aliphatic hydroxyl groups is 1. The second kappa shape index (κ2) is 17.7. The van der Waals surface area contributed by atoms with Gasteiger partial charge < -0.3 is 38.4 Å². The summed E-state index contributed by atoms with van der Waals surface area (Å²) in [6.45, 7) is 9.42. The van der Waals surface area contributed by atoms with Crippen molar-refractivity contribution in [3.63, 3.8) is 0 Å². The minimum atomic E-state index is -2.28. The van der Waals surface area contributed by atoms with E-state index in [2.05, 4.69) is 0 Å². The molecule has 0 aromatic heterocycles. The maximum absolute atomic E-state index is 15.9. The zero-order chi connectivity index (χ0) is 48.1. The highest BCUT2D eigenvalue weighted by Gasteiger charge is 2.79. The highest BCUT2D eigenvalue weighted by atomic mass is 16.6. The summed E-state index contributed by atoms with van der Waals surface area (Å²) < 4.78 is 36.6. The Morgan fingerprint density at radius 1 is 0.773 bits per heavy atom. The number of benzene rings is 3. The van der Waals surface area contributed by atoms with Crippen molar-refractivity contribution in [3.8, 4) is 0 Å². The lowest BCUT2D eigenvalue weighted by Gasteiger charge is -2.67. The Hall–Kier alpha value is -6.45. The minimum Gasteiger partial charge on any atom is -0.458 e. The molecule has 1 heterocycles. The fraction of sp³-hybridized carbons (Fsp3) is 0.431. The topological polar surface area (TPSA) is 198 Å². The third-order valence-electron chi connectivity index (χ3n) is 13.9. The normalized spacial score (nSPS) is 29.7. The summed E-state index contributed by atoms with van der Waals surface area (Å²) in [5.74, 6) is -6.71. The molecule has 2 bridgehead atoms. The van der Waals surface area contributed by atoms with Crippen LogP contribution in [0.2, 0.25) is 0 Å². The van der Waals surface area contributed by atoms with Gasteiger partial charge >= 0.3 is 29.8 Å². The maximum Gasteiger partial charge on any atom is 0.338 e. The molecule has 1 aliphatic heterocycles. The number of rotatable bonds is 11. The zero-order valence-corrected chi connectivity index (χ0v) is 38.4. The number of ether oxygens (including phenoxy) is 6. The number of esters is 5. The van der Waals surface area contributed by atoms with Crippen molar-refractivity contribution in [1.29, 1.82) is 0 Å². The second-order valence-corrected chi connectivity index (χ2v) is 18.5. The zero-order valence-electron chi connectivity index (χ0n) is 38.4. The molecule has 4 aliphatic rings. The van der Waals surface area contributed by atoms with E-state index in [1.165, 1.54) is 39.0 Å². The average Bonchev–Trinajstić information content (AvgIpc) is 3.26. The number of hydrogen-bond donors (Lipinski definition) is 1. The van der Waals surface area contributed by atoms with Crippen LogP contribution in [-0.4, -0.2) is 109 Å². The van der Waals surface area contributed by atoms with Crippen LogP contribution in [0.3, 0.4) is 0 Å². The van der Waals surface area contributed by atoms with Crippen molar-refractivity contribution in [2.24, 2.45) is 16.7 Å². The van der Waals surface area contributed by atoms with Crippen LogP contribution in [0.4, 0.5) is 5.69 Å². The molecule has 2 saturated carbocycles. The first-order valence-electron chi connectivity index (χ1n) is 21.8. The van der Waals surface area contributed by atoms with Crippen molar-refractivity contribution in [2.45, 2.75) is 103 Å². The van der Waals surface area contributed by atoms with Crippen LogP contribution >= 0.6 is 0 Å². The van der Waals surface area contributed by atoms with E-state index in [1.807, 2.05) is 31.1 Å². The average molecular weight is 906 g/mol. The van der Waals surface area contributed by atoms with Crippen LogP contribution < -0.4 is 4.90 Å². The van der Waals surface area contributed by atoms with Crippen LogP contribution in [0.15, 0.2) is 96.1 Å². The first kappa shape index (κ1) is 47.5. The van der Waals surface area contributed by atoms with Gasteiger partial charge in [0, 0.05) is 76.0 Å². The number of hydrogen-bond acceptors (Lipinski definition) is 15. The molecule has 3 aliphatic carbocycles. The third kappa shape index (κ3) is 8.23. The Morgan fingerprint density at radius 2 is 1.38 bits per heavy atom. The van der Waals surface area contributed by atoms with Gasteiger partial charge in [-0.1, -0.05) is 56.3 Å². The summed E-state index contributed by atoms with van der Waals surface area (Å²) in [5.41, 5.74) is -4.79. The molecule has 3 fully saturated rings. The molecule has 3 aromatic rings. The first-order chi connectivity index (χ1) is 31.0. The van der Waals surface area contributed by atoms with Gasteiger partial charge in [-0.25, -0.2) is 9.59 Å². The summed E-state index contributed by atoms with van der Waals surface area (Å²) in [6.07, 6.45) is -5.20. The molecule has 0 spiro atoms. The molecule has 0 amide bonds. The van der Waals surface area contributed by atoms with Crippen molar-refractivity contribution < 1.29 is 67.1 Å². The molecule has 2 unspecified atom stereocenters. The molecule has 348 valence electrons. The smallest absolute Gasteiger partial charge is 0.338 e. The molecule has 15 nitrogen and oxygen atoms in total. The Labute approximate surface area is 383 Å². The van der Waals surface area contributed by atoms with Crippen LogP contribution in [0.5, 0.6) is 0 Å². The van der Waals surface area contributed by atoms with Gasteiger partial charge in [0.15, 0.2) is 23.3 Å². The minimum absolute atomic E-state index is 0.0917. The SMILES string of the molecule is CC(=O)O[C@H]1C(=O)[C@@]2(C)C(C(OC(=O)c3ccccc3)[C@]3(O)C[C@H](OC(C)=O)C(C)=C1C3(C)C)[C@]1(OC(C)=O)CO[C@@H]1C[C@@H]2OC(=O)/C=C/c1ccc(C(=O)c2ccc(N(C)C)cc2)cc1. The third-order valence-corrected chi connectivity index (χ3v) is 13.9. The highest BCUT2D eigenvalue weighted by Crippen LogP contribution is 2.65. The van der Waals surface area contributed by atoms with E-state index in [0.717, 1.165) is 18.7 Å². The van der Waals surface area contributed by atoms with Gasteiger partial charge in [0.25, 0.3) is 0 Å². The molecular formula is C51H55NO14. The summed E-state index contributed by atoms with van der Waals surface area (Å²) in [7, 11) is 3.81. The Balaban J connectivity index is 1.34. The van der Waals surface area contributed by atoms with E-state index >= 15 is 4.79 Å². The standard InChI is InChI=1S/C51H55NO14/c1-28-37(62-29(2)53)26-51(60)46(65-47(59)35-13-11-10-12-14-35)44-49(7,45(58)43(63-30(3)54)41(28)48(51,5)6)38(25-39-50(44,27-61-39)66-31(4)55)64-40(56)24-17-32-15-18-33(19-16-32)42(57)34-20-22-36(23-21-34)52(8)9/h10-24,37-39,43-44,46,60H,25-27H2,1-9H3/b24-17+/t37-,38-,39+,43+,44?,46?,49+,50-,51+/m0/s1. The molecule has 0 radical (unpaired) electrons.